The monoisotopic (exact) mass is 222 g/mol. The number of rotatable bonds is 3. The molecule has 2 aromatic rings. The van der Waals surface area contributed by atoms with Gasteiger partial charge in [0.15, 0.2) is 5.78 Å². The van der Waals surface area contributed by atoms with E-state index in [-0.39, 0.29) is 5.78 Å². The van der Waals surface area contributed by atoms with E-state index in [9.17, 15) is 4.79 Å². The topological polar surface area (TPSA) is 17.1 Å². The Bertz CT molecular complexity index is 553. The summed E-state index contributed by atoms with van der Waals surface area (Å²) in [7, 11) is 0. The normalized spacial score (nSPS) is 9.94. The number of carbonyl (C=O) groups is 1. The molecule has 0 atom stereocenters. The molecule has 0 aliphatic heterocycles. The molecule has 0 aromatic heterocycles. The van der Waals surface area contributed by atoms with Gasteiger partial charge in [0, 0.05) is 5.56 Å². The molecule has 0 aliphatic carbocycles. The fourth-order valence-electron chi connectivity index (χ4n) is 1.78. The number of benzene rings is 2. The lowest BCUT2D eigenvalue weighted by molar-refractivity contribution is 0.103. The minimum atomic E-state index is 0.00412. The average Bonchev–Trinajstić information content (AvgIpc) is 2.39. The summed E-state index contributed by atoms with van der Waals surface area (Å²) in [4.78, 5) is 12.0. The Hall–Kier alpha value is -2.15. The Balaban J connectivity index is 2.56. The maximum absolute atomic E-state index is 12.0. The van der Waals surface area contributed by atoms with Gasteiger partial charge in [-0.1, -0.05) is 61.2 Å². The van der Waals surface area contributed by atoms with Gasteiger partial charge in [-0.3, -0.25) is 4.79 Å². The first-order valence-corrected chi connectivity index (χ1v) is 5.55. The molecule has 0 unspecified atom stereocenters. The van der Waals surface area contributed by atoms with Gasteiger partial charge < -0.3 is 0 Å². The first kappa shape index (κ1) is 11.3. The minimum absolute atomic E-state index is 0.00412. The van der Waals surface area contributed by atoms with Crippen LogP contribution in [0.3, 0.4) is 0 Å². The predicted octanol–water partition coefficient (Wildman–Crippen LogP) is 4.11. The number of hydrogen-bond donors (Lipinski definition) is 0. The maximum Gasteiger partial charge on any atom is 0.188 e. The minimum Gasteiger partial charge on any atom is -0.289 e. The molecule has 17 heavy (non-hydrogen) atoms. The van der Waals surface area contributed by atoms with E-state index in [2.05, 4.69) is 6.58 Å². The van der Waals surface area contributed by atoms with Crippen molar-refractivity contribution in [1.82, 2.24) is 0 Å². The molecule has 2 rings (SSSR count). The van der Waals surface area contributed by atoms with Crippen molar-refractivity contribution in [3.63, 3.8) is 0 Å². The van der Waals surface area contributed by atoms with Gasteiger partial charge >= 0.3 is 0 Å². The smallest absolute Gasteiger partial charge is 0.188 e. The van der Waals surface area contributed by atoms with Gasteiger partial charge in [-0.2, -0.15) is 0 Å². The molecule has 0 bridgehead atoms. The molecule has 1 heteroatoms. The fraction of sp³-hybridized carbons (Fsp3) is 0.0625. The van der Waals surface area contributed by atoms with Crippen LogP contribution in [0.1, 0.15) is 17.3 Å². The van der Waals surface area contributed by atoms with E-state index in [1.165, 1.54) is 0 Å². The summed E-state index contributed by atoms with van der Waals surface area (Å²) in [6, 6.07) is 17.5. The van der Waals surface area contributed by atoms with E-state index >= 15 is 0 Å². The van der Waals surface area contributed by atoms with E-state index in [0.717, 1.165) is 11.1 Å². The van der Waals surface area contributed by atoms with Crippen LogP contribution in [0.5, 0.6) is 0 Å². The number of allylic oxidation sites excluding steroid dienone is 1. The van der Waals surface area contributed by atoms with Crippen LogP contribution < -0.4 is 0 Å². The molecule has 84 valence electrons. The third-order valence-corrected chi connectivity index (χ3v) is 2.64. The Kier molecular flexibility index (Phi) is 3.20. The Morgan fingerprint density at radius 2 is 1.53 bits per heavy atom. The standard InChI is InChI=1S/C16H14O/c1-12(2)16(17)15-11-7-6-10-14(15)13-8-4-3-5-9-13/h3-11H,1H2,2H3. The van der Waals surface area contributed by atoms with E-state index < -0.39 is 0 Å². The molecule has 0 spiro atoms. The van der Waals surface area contributed by atoms with Crippen molar-refractivity contribution in [2.45, 2.75) is 6.92 Å². The summed E-state index contributed by atoms with van der Waals surface area (Å²) in [6.07, 6.45) is 0. The average molecular weight is 222 g/mol. The Labute approximate surface area is 101 Å². The number of Topliss-reactive ketones (excluding diaryl/α,β-unsaturated/α-hetero) is 1. The van der Waals surface area contributed by atoms with Gasteiger partial charge in [-0.25, -0.2) is 0 Å². The lowest BCUT2D eigenvalue weighted by atomic mass is 9.95. The van der Waals surface area contributed by atoms with Crippen LogP contribution in [-0.2, 0) is 0 Å². The Morgan fingerprint density at radius 1 is 0.941 bits per heavy atom. The van der Waals surface area contributed by atoms with Crippen molar-refractivity contribution in [2.24, 2.45) is 0 Å². The second-order valence-corrected chi connectivity index (χ2v) is 4.02. The molecule has 2 aromatic carbocycles. The zero-order valence-corrected chi connectivity index (χ0v) is 9.81. The molecule has 0 saturated heterocycles. The zero-order valence-electron chi connectivity index (χ0n) is 9.81. The first-order valence-electron chi connectivity index (χ1n) is 5.55. The van der Waals surface area contributed by atoms with Crippen molar-refractivity contribution in [2.75, 3.05) is 0 Å². The molecule has 0 fully saturated rings. The van der Waals surface area contributed by atoms with Crippen LogP contribution in [0.15, 0.2) is 66.7 Å². The maximum atomic E-state index is 12.0. The van der Waals surface area contributed by atoms with Crippen LogP contribution in [-0.4, -0.2) is 5.78 Å². The molecule has 0 amide bonds. The summed E-state index contributed by atoms with van der Waals surface area (Å²) in [5.74, 6) is 0.00412. The fourth-order valence-corrected chi connectivity index (χ4v) is 1.78. The number of hydrogen-bond acceptors (Lipinski definition) is 1. The van der Waals surface area contributed by atoms with E-state index in [0.29, 0.717) is 11.1 Å². The molecule has 0 aliphatic rings. The van der Waals surface area contributed by atoms with Crippen molar-refractivity contribution < 1.29 is 4.79 Å². The molecule has 1 nitrogen and oxygen atoms in total. The van der Waals surface area contributed by atoms with Crippen molar-refractivity contribution in [3.8, 4) is 11.1 Å². The quantitative estimate of drug-likeness (QED) is 0.564. The van der Waals surface area contributed by atoms with Crippen LogP contribution >= 0.6 is 0 Å². The van der Waals surface area contributed by atoms with E-state index in [4.69, 9.17) is 0 Å². The molecule has 0 N–H and O–H groups in total. The van der Waals surface area contributed by atoms with Crippen molar-refractivity contribution in [1.29, 1.82) is 0 Å². The van der Waals surface area contributed by atoms with Gasteiger partial charge in [0.25, 0.3) is 0 Å². The predicted molar refractivity (Wildman–Crippen MR) is 71.0 cm³/mol. The van der Waals surface area contributed by atoms with Crippen LogP contribution in [0, 0.1) is 0 Å². The number of carbonyl (C=O) groups excluding carboxylic acids is 1. The van der Waals surface area contributed by atoms with Crippen molar-refractivity contribution in [3.05, 3.63) is 72.3 Å². The number of ketones is 1. The molecule has 0 heterocycles. The van der Waals surface area contributed by atoms with Crippen LogP contribution in [0.2, 0.25) is 0 Å². The summed E-state index contributed by atoms with van der Waals surface area (Å²) in [5, 5.41) is 0. The van der Waals surface area contributed by atoms with Crippen LogP contribution in [0.4, 0.5) is 0 Å². The second-order valence-electron chi connectivity index (χ2n) is 4.02. The molecule has 0 radical (unpaired) electrons. The highest BCUT2D eigenvalue weighted by atomic mass is 16.1. The second kappa shape index (κ2) is 4.79. The SMILES string of the molecule is C=C(C)C(=O)c1ccccc1-c1ccccc1. The van der Waals surface area contributed by atoms with Gasteiger partial charge in [0.1, 0.15) is 0 Å². The van der Waals surface area contributed by atoms with Gasteiger partial charge in [0.05, 0.1) is 0 Å². The first-order chi connectivity index (χ1) is 8.20. The zero-order chi connectivity index (χ0) is 12.3. The summed E-state index contributed by atoms with van der Waals surface area (Å²) >= 11 is 0. The van der Waals surface area contributed by atoms with Gasteiger partial charge in [-0.15, -0.1) is 0 Å². The third-order valence-electron chi connectivity index (χ3n) is 2.64. The Morgan fingerprint density at radius 3 is 2.18 bits per heavy atom. The van der Waals surface area contributed by atoms with Gasteiger partial charge in [0.2, 0.25) is 0 Å². The summed E-state index contributed by atoms with van der Waals surface area (Å²) in [6.45, 7) is 5.46. The lowest BCUT2D eigenvalue weighted by Gasteiger charge is -2.08. The largest absolute Gasteiger partial charge is 0.289 e. The third kappa shape index (κ3) is 2.34. The lowest BCUT2D eigenvalue weighted by Crippen LogP contribution is -2.01. The molecular formula is C16H14O. The molecular weight excluding hydrogens is 208 g/mol. The van der Waals surface area contributed by atoms with E-state index in [1.54, 1.807) is 6.92 Å². The summed E-state index contributed by atoms with van der Waals surface area (Å²) < 4.78 is 0. The van der Waals surface area contributed by atoms with Gasteiger partial charge in [-0.05, 0) is 23.6 Å². The highest BCUT2D eigenvalue weighted by Crippen LogP contribution is 2.24. The molecule has 0 saturated carbocycles. The van der Waals surface area contributed by atoms with E-state index in [1.807, 2.05) is 54.6 Å². The highest BCUT2D eigenvalue weighted by molar-refractivity contribution is 6.11. The van der Waals surface area contributed by atoms with Crippen LogP contribution in [0.25, 0.3) is 11.1 Å². The van der Waals surface area contributed by atoms with Crippen molar-refractivity contribution >= 4 is 5.78 Å². The highest BCUT2D eigenvalue weighted by Gasteiger charge is 2.12. The summed E-state index contributed by atoms with van der Waals surface area (Å²) in [5.41, 5.74) is 3.29.